The summed E-state index contributed by atoms with van der Waals surface area (Å²) in [6, 6.07) is 6.09. The van der Waals surface area contributed by atoms with Gasteiger partial charge in [-0.05, 0) is 18.2 Å². The molecule has 0 bridgehead atoms. The van der Waals surface area contributed by atoms with Crippen LogP contribution in [-0.4, -0.2) is 9.97 Å². The van der Waals surface area contributed by atoms with E-state index in [0.29, 0.717) is 12.4 Å². The maximum Gasteiger partial charge on any atom is 0.213 e. The maximum atomic E-state index is 5.54. The van der Waals surface area contributed by atoms with Crippen molar-refractivity contribution in [2.24, 2.45) is 0 Å². The fourth-order valence-electron chi connectivity index (χ4n) is 1.72. The summed E-state index contributed by atoms with van der Waals surface area (Å²) in [6.07, 6.45) is 2.63. The molecule has 19 heavy (non-hydrogen) atoms. The number of benzene rings is 1. The Morgan fingerprint density at radius 2 is 2.32 bits per heavy atom. The summed E-state index contributed by atoms with van der Waals surface area (Å²) in [5.41, 5.74) is 0.989. The predicted molar refractivity (Wildman–Crippen MR) is 80.5 cm³/mol. The van der Waals surface area contributed by atoms with E-state index in [9.17, 15) is 0 Å². The third-order valence-electron chi connectivity index (χ3n) is 2.69. The summed E-state index contributed by atoms with van der Waals surface area (Å²) < 4.78 is 7.74. The van der Waals surface area contributed by atoms with Gasteiger partial charge in [0, 0.05) is 10.9 Å². The fourth-order valence-corrected chi connectivity index (χ4v) is 2.91. The van der Waals surface area contributed by atoms with Crippen molar-refractivity contribution < 1.29 is 4.42 Å². The first-order chi connectivity index (χ1) is 9.24. The van der Waals surface area contributed by atoms with Crippen LogP contribution < -0.4 is 5.32 Å². The number of hydrogen-bond acceptors (Lipinski definition) is 5. The fraction of sp³-hybridized carbons (Fsp3) is 0.231. The molecule has 3 aromatic rings. The van der Waals surface area contributed by atoms with Crippen LogP contribution in [0.3, 0.4) is 0 Å². The van der Waals surface area contributed by atoms with Crippen molar-refractivity contribution in [2.75, 3.05) is 5.32 Å². The minimum absolute atomic E-state index is 0.557. The molecule has 3 rings (SSSR count). The average molecular weight is 338 g/mol. The molecule has 4 nitrogen and oxygen atoms in total. The average Bonchev–Trinajstić information content (AvgIpc) is 3.01. The predicted octanol–water partition coefficient (Wildman–Crippen LogP) is 4.22. The van der Waals surface area contributed by atoms with Gasteiger partial charge in [-0.1, -0.05) is 34.2 Å². The smallest absolute Gasteiger partial charge is 0.213 e. The van der Waals surface area contributed by atoms with Crippen molar-refractivity contribution in [1.29, 1.82) is 0 Å². The number of hydrogen-bond donors (Lipinski definition) is 1. The van der Waals surface area contributed by atoms with Crippen LogP contribution >= 0.6 is 27.3 Å². The lowest BCUT2D eigenvalue weighted by Gasteiger charge is -1.97. The number of nitrogens with one attached hydrogen (secondary N) is 1. The van der Waals surface area contributed by atoms with Gasteiger partial charge in [0.2, 0.25) is 5.89 Å². The lowest BCUT2D eigenvalue weighted by Crippen LogP contribution is -1.98. The van der Waals surface area contributed by atoms with Gasteiger partial charge in [0.15, 0.2) is 5.13 Å². The van der Waals surface area contributed by atoms with Crippen LogP contribution in [0, 0.1) is 0 Å². The molecule has 0 aliphatic rings. The molecule has 0 amide bonds. The molecule has 1 N–H and O–H groups in total. The topological polar surface area (TPSA) is 51.0 Å². The number of nitrogens with zero attached hydrogens (tertiary/aromatic N) is 2. The first kappa shape index (κ1) is 12.6. The molecule has 0 radical (unpaired) electrons. The van der Waals surface area contributed by atoms with E-state index in [4.69, 9.17) is 4.42 Å². The summed E-state index contributed by atoms with van der Waals surface area (Å²) in [5.74, 6) is 1.60. The highest BCUT2D eigenvalue weighted by molar-refractivity contribution is 9.10. The van der Waals surface area contributed by atoms with E-state index in [2.05, 4.69) is 37.3 Å². The zero-order chi connectivity index (χ0) is 13.2. The first-order valence-corrected chi connectivity index (χ1v) is 7.59. The number of halogens is 1. The Balaban J connectivity index is 1.74. The SMILES string of the molecule is CCc1cnc(CNc2nc3cc(Br)ccc3s2)o1. The zero-order valence-corrected chi connectivity index (χ0v) is 12.7. The van der Waals surface area contributed by atoms with Gasteiger partial charge in [-0.3, -0.25) is 0 Å². The molecular weight excluding hydrogens is 326 g/mol. The molecule has 98 valence electrons. The lowest BCUT2D eigenvalue weighted by molar-refractivity contribution is 0.466. The van der Waals surface area contributed by atoms with Crippen LogP contribution in [0.4, 0.5) is 5.13 Å². The van der Waals surface area contributed by atoms with Crippen LogP contribution in [0.1, 0.15) is 18.6 Å². The van der Waals surface area contributed by atoms with Crippen LogP contribution in [0.5, 0.6) is 0 Å². The standard InChI is InChI=1S/C13H12BrN3OS/c1-2-9-6-15-12(18-9)7-16-13-17-10-5-8(14)3-4-11(10)19-13/h3-6H,2,7H2,1H3,(H,16,17). The molecule has 0 atom stereocenters. The van der Waals surface area contributed by atoms with Crippen LogP contribution in [0.25, 0.3) is 10.2 Å². The second-order valence-electron chi connectivity index (χ2n) is 4.06. The second-order valence-corrected chi connectivity index (χ2v) is 6.00. The number of oxazole rings is 1. The Morgan fingerprint density at radius 1 is 1.42 bits per heavy atom. The van der Waals surface area contributed by atoms with Crippen molar-refractivity contribution in [3.05, 3.63) is 40.5 Å². The van der Waals surface area contributed by atoms with Crippen molar-refractivity contribution in [1.82, 2.24) is 9.97 Å². The Bertz CT molecular complexity index is 707. The van der Waals surface area contributed by atoms with Gasteiger partial charge in [-0.25, -0.2) is 9.97 Å². The number of aryl methyl sites for hydroxylation is 1. The number of rotatable bonds is 4. The third kappa shape index (κ3) is 2.79. The maximum absolute atomic E-state index is 5.54. The Labute approximate surface area is 123 Å². The third-order valence-corrected chi connectivity index (χ3v) is 4.18. The van der Waals surface area contributed by atoms with Crippen molar-refractivity contribution >= 4 is 42.6 Å². The Hall–Kier alpha value is -1.40. The Kier molecular flexibility index (Phi) is 3.52. The molecule has 2 aromatic heterocycles. The Morgan fingerprint density at radius 3 is 3.11 bits per heavy atom. The molecule has 0 spiro atoms. The zero-order valence-electron chi connectivity index (χ0n) is 10.3. The van der Waals surface area contributed by atoms with Gasteiger partial charge in [0.1, 0.15) is 5.76 Å². The highest BCUT2D eigenvalue weighted by atomic mass is 79.9. The van der Waals surface area contributed by atoms with Gasteiger partial charge in [0.25, 0.3) is 0 Å². The number of anilines is 1. The van der Waals surface area contributed by atoms with Crippen LogP contribution in [0.2, 0.25) is 0 Å². The second kappa shape index (κ2) is 5.30. The summed E-state index contributed by atoms with van der Waals surface area (Å²) >= 11 is 5.07. The minimum Gasteiger partial charge on any atom is -0.444 e. The molecule has 0 fully saturated rings. The van der Waals surface area contributed by atoms with E-state index in [0.717, 1.165) is 32.0 Å². The normalized spacial score (nSPS) is 11.1. The molecule has 0 aliphatic heterocycles. The highest BCUT2D eigenvalue weighted by Crippen LogP contribution is 2.28. The van der Waals surface area contributed by atoms with Gasteiger partial charge < -0.3 is 9.73 Å². The first-order valence-electron chi connectivity index (χ1n) is 5.98. The van der Waals surface area contributed by atoms with E-state index >= 15 is 0 Å². The van der Waals surface area contributed by atoms with Gasteiger partial charge in [0.05, 0.1) is 23.0 Å². The van der Waals surface area contributed by atoms with E-state index < -0.39 is 0 Å². The quantitative estimate of drug-likeness (QED) is 0.774. The van der Waals surface area contributed by atoms with E-state index in [-0.39, 0.29) is 0 Å². The van der Waals surface area contributed by atoms with E-state index in [1.54, 1.807) is 17.5 Å². The summed E-state index contributed by atoms with van der Waals surface area (Å²) in [5, 5.41) is 4.12. The molecule has 0 saturated carbocycles. The summed E-state index contributed by atoms with van der Waals surface area (Å²) in [6.45, 7) is 2.60. The van der Waals surface area contributed by atoms with Crippen LogP contribution in [0.15, 0.2) is 33.3 Å². The minimum atomic E-state index is 0.557. The van der Waals surface area contributed by atoms with Gasteiger partial charge >= 0.3 is 0 Å². The number of aromatic nitrogens is 2. The van der Waals surface area contributed by atoms with Gasteiger partial charge in [-0.15, -0.1) is 0 Å². The molecule has 0 aliphatic carbocycles. The number of fused-ring (bicyclic) bond motifs is 1. The highest BCUT2D eigenvalue weighted by Gasteiger charge is 2.06. The molecular formula is C13H12BrN3OS. The van der Waals surface area contributed by atoms with Crippen molar-refractivity contribution in [3.63, 3.8) is 0 Å². The molecule has 0 unspecified atom stereocenters. The largest absolute Gasteiger partial charge is 0.444 e. The van der Waals surface area contributed by atoms with Crippen molar-refractivity contribution in [2.45, 2.75) is 19.9 Å². The summed E-state index contributed by atoms with van der Waals surface area (Å²) in [4.78, 5) is 8.73. The van der Waals surface area contributed by atoms with E-state index in [1.165, 1.54) is 0 Å². The summed E-state index contributed by atoms with van der Waals surface area (Å²) in [7, 11) is 0. The van der Waals surface area contributed by atoms with E-state index in [1.807, 2.05) is 19.1 Å². The van der Waals surface area contributed by atoms with Crippen LogP contribution in [-0.2, 0) is 13.0 Å². The lowest BCUT2D eigenvalue weighted by atomic mass is 10.3. The van der Waals surface area contributed by atoms with Crippen molar-refractivity contribution in [3.8, 4) is 0 Å². The molecule has 2 heterocycles. The monoisotopic (exact) mass is 337 g/mol. The molecule has 6 heteroatoms. The van der Waals surface area contributed by atoms with Gasteiger partial charge in [-0.2, -0.15) is 0 Å². The molecule has 1 aromatic carbocycles. The number of thiazole rings is 1. The molecule has 0 saturated heterocycles.